The summed E-state index contributed by atoms with van der Waals surface area (Å²) in [6.45, 7) is 3.27. The number of aliphatic hydroxyl groups excluding tert-OH is 3. The first kappa shape index (κ1) is 20.4. The van der Waals surface area contributed by atoms with E-state index < -0.39 is 30.7 Å². The Morgan fingerprint density at radius 2 is 1.70 bits per heavy atom. The molecule has 0 radical (unpaired) electrons. The van der Waals surface area contributed by atoms with Crippen LogP contribution in [0.2, 0.25) is 0 Å². The Morgan fingerprint density at radius 1 is 1.00 bits per heavy atom. The molecule has 2 aliphatic rings. The highest BCUT2D eigenvalue weighted by molar-refractivity contribution is 6.14. The number of carbonyl (C=O) groups excluding carboxylic acids is 1. The van der Waals surface area contributed by atoms with Crippen molar-refractivity contribution in [1.82, 2.24) is 0 Å². The summed E-state index contributed by atoms with van der Waals surface area (Å²) >= 11 is 0. The molecule has 2 aliphatic heterocycles. The number of Topliss-reactive ketones (excluding diaryl/α,β-unsaturated/α-hetero) is 1. The number of aromatic hydroxyl groups is 1. The Morgan fingerprint density at radius 3 is 2.40 bits per heavy atom. The highest BCUT2D eigenvalue weighted by Gasteiger charge is 2.43. The van der Waals surface area contributed by atoms with Crippen molar-refractivity contribution in [2.24, 2.45) is 0 Å². The first-order valence-corrected chi connectivity index (χ1v) is 9.49. The zero-order valence-corrected chi connectivity index (χ0v) is 16.4. The summed E-state index contributed by atoms with van der Waals surface area (Å²) in [5, 5.41) is 39.3. The lowest BCUT2D eigenvalue weighted by Gasteiger charge is -2.39. The maximum absolute atomic E-state index is 12.7. The second-order valence-corrected chi connectivity index (χ2v) is 7.40. The predicted octanol–water partition coefficient (Wildman–Crippen LogP) is 1.52. The minimum atomic E-state index is -1.45. The van der Waals surface area contributed by atoms with Crippen molar-refractivity contribution in [3.8, 4) is 17.2 Å². The molecule has 0 aromatic heterocycles. The van der Waals surface area contributed by atoms with Crippen LogP contribution in [0.25, 0.3) is 6.08 Å². The number of ether oxygens (including phenoxy) is 3. The van der Waals surface area contributed by atoms with Gasteiger partial charge in [-0.25, -0.2) is 0 Å². The molecule has 0 amide bonds. The molecular formula is C22H22O8. The average molecular weight is 414 g/mol. The van der Waals surface area contributed by atoms with Gasteiger partial charge in [0, 0.05) is 5.56 Å². The topological polar surface area (TPSA) is 126 Å². The molecule has 0 aliphatic carbocycles. The van der Waals surface area contributed by atoms with E-state index in [1.165, 1.54) is 12.1 Å². The molecule has 4 N–H and O–H groups in total. The molecule has 2 heterocycles. The molecule has 0 saturated carbocycles. The van der Waals surface area contributed by atoms with Gasteiger partial charge in [-0.1, -0.05) is 12.1 Å². The summed E-state index contributed by atoms with van der Waals surface area (Å²) in [5.74, 6) is 0.621. The molecule has 2 unspecified atom stereocenters. The van der Waals surface area contributed by atoms with Crippen LogP contribution in [-0.2, 0) is 4.74 Å². The predicted molar refractivity (Wildman–Crippen MR) is 105 cm³/mol. The quantitative estimate of drug-likeness (QED) is 0.557. The van der Waals surface area contributed by atoms with Crippen LogP contribution in [0.3, 0.4) is 0 Å². The van der Waals surface area contributed by atoms with Gasteiger partial charge >= 0.3 is 0 Å². The number of carbonyl (C=O) groups is 1. The normalized spacial score (nSPS) is 29.6. The fourth-order valence-corrected chi connectivity index (χ4v) is 3.45. The summed E-state index contributed by atoms with van der Waals surface area (Å²) in [5.41, 5.74) is 1.59. The van der Waals surface area contributed by atoms with Crippen LogP contribution in [0.1, 0.15) is 28.4 Å². The number of phenols is 1. The highest BCUT2D eigenvalue weighted by Crippen LogP contribution is 2.40. The van der Waals surface area contributed by atoms with Gasteiger partial charge in [0.1, 0.15) is 35.6 Å². The van der Waals surface area contributed by atoms with Crippen molar-refractivity contribution in [3.05, 3.63) is 58.8 Å². The SMILES string of the molecule is Cc1c(O[C@@H]2OC(C)[C@H](O)[C@H](O)C2O)ccc2c1O/C(=C/c1ccc(O)cc1)C2=O. The summed E-state index contributed by atoms with van der Waals surface area (Å²) in [7, 11) is 0. The van der Waals surface area contributed by atoms with Crippen LogP contribution >= 0.6 is 0 Å². The summed E-state index contributed by atoms with van der Waals surface area (Å²) in [4.78, 5) is 12.7. The van der Waals surface area contributed by atoms with Crippen LogP contribution in [0.5, 0.6) is 17.2 Å². The van der Waals surface area contributed by atoms with E-state index in [4.69, 9.17) is 14.2 Å². The Bertz CT molecular complexity index is 997. The van der Waals surface area contributed by atoms with Gasteiger partial charge in [0.05, 0.1) is 11.7 Å². The first-order valence-electron chi connectivity index (χ1n) is 9.49. The highest BCUT2D eigenvalue weighted by atomic mass is 16.7. The first-order chi connectivity index (χ1) is 14.3. The molecule has 2 aromatic carbocycles. The fraction of sp³-hybridized carbons (Fsp3) is 0.318. The second-order valence-electron chi connectivity index (χ2n) is 7.40. The minimum Gasteiger partial charge on any atom is -0.508 e. The van der Waals surface area contributed by atoms with E-state index in [1.807, 2.05) is 0 Å². The lowest BCUT2D eigenvalue weighted by atomic mass is 10.00. The molecule has 158 valence electrons. The molecule has 30 heavy (non-hydrogen) atoms. The van der Waals surface area contributed by atoms with Gasteiger partial charge < -0.3 is 34.6 Å². The molecular weight excluding hydrogens is 392 g/mol. The molecule has 5 atom stereocenters. The van der Waals surface area contributed by atoms with Crippen LogP contribution < -0.4 is 9.47 Å². The number of hydrogen-bond donors (Lipinski definition) is 4. The van der Waals surface area contributed by atoms with E-state index in [-0.39, 0.29) is 17.3 Å². The monoisotopic (exact) mass is 414 g/mol. The van der Waals surface area contributed by atoms with Crippen molar-refractivity contribution in [3.63, 3.8) is 0 Å². The molecule has 1 saturated heterocycles. The van der Waals surface area contributed by atoms with Gasteiger partial charge in [0.2, 0.25) is 12.1 Å². The standard InChI is InChI=1S/C22H22O8/c1-10-15(30-22-20(27)19(26)17(24)11(2)28-22)8-7-14-18(25)16(29-21(10)14)9-12-3-5-13(23)6-4-12/h3-9,11,17,19-20,22-24,26-27H,1-2H3/b16-9+/t11?,17-,19-,20?,22-/m0/s1. The van der Waals surface area contributed by atoms with Gasteiger partial charge in [-0.3, -0.25) is 4.79 Å². The molecule has 0 bridgehead atoms. The van der Waals surface area contributed by atoms with Crippen LogP contribution in [0.15, 0.2) is 42.2 Å². The Balaban J connectivity index is 1.58. The third-order valence-corrected chi connectivity index (χ3v) is 5.28. The number of fused-ring (bicyclic) bond motifs is 1. The molecule has 1 fully saturated rings. The van der Waals surface area contributed by atoms with E-state index in [0.717, 1.165) is 0 Å². The van der Waals surface area contributed by atoms with Crippen LogP contribution in [-0.4, -0.2) is 56.9 Å². The largest absolute Gasteiger partial charge is 0.508 e. The van der Waals surface area contributed by atoms with Gasteiger partial charge in [-0.05, 0) is 49.8 Å². The number of hydrogen-bond acceptors (Lipinski definition) is 8. The number of allylic oxidation sites excluding steroid dienone is 1. The van der Waals surface area contributed by atoms with E-state index in [2.05, 4.69) is 0 Å². The van der Waals surface area contributed by atoms with Crippen molar-refractivity contribution >= 4 is 11.9 Å². The Labute approximate surface area is 172 Å². The van der Waals surface area contributed by atoms with E-state index in [9.17, 15) is 25.2 Å². The molecule has 8 heteroatoms. The lowest BCUT2D eigenvalue weighted by Crippen LogP contribution is -2.58. The minimum absolute atomic E-state index is 0.121. The molecule has 4 rings (SSSR count). The van der Waals surface area contributed by atoms with Gasteiger partial charge in [-0.15, -0.1) is 0 Å². The number of phenolic OH excluding ortho intramolecular Hbond substituents is 1. The van der Waals surface area contributed by atoms with Crippen molar-refractivity contribution in [1.29, 1.82) is 0 Å². The fourth-order valence-electron chi connectivity index (χ4n) is 3.45. The van der Waals surface area contributed by atoms with Crippen LogP contribution in [0.4, 0.5) is 0 Å². The van der Waals surface area contributed by atoms with Crippen molar-refractivity contribution < 1.29 is 39.4 Å². The second kappa shape index (κ2) is 7.73. The number of ketones is 1. The maximum atomic E-state index is 12.7. The number of rotatable bonds is 3. The van der Waals surface area contributed by atoms with E-state index in [0.29, 0.717) is 28.2 Å². The zero-order valence-electron chi connectivity index (χ0n) is 16.4. The smallest absolute Gasteiger partial charge is 0.231 e. The Kier molecular flexibility index (Phi) is 5.25. The van der Waals surface area contributed by atoms with Crippen LogP contribution in [0, 0.1) is 6.92 Å². The Hall–Kier alpha value is -2.91. The summed E-state index contributed by atoms with van der Waals surface area (Å²) in [6, 6.07) is 9.47. The number of benzene rings is 2. The van der Waals surface area contributed by atoms with Gasteiger partial charge in [0.15, 0.2) is 5.76 Å². The van der Waals surface area contributed by atoms with E-state index >= 15 is 0 Å². The molecule has 8 nitrogen and oxygen atoms in total. The maximum Gasteiger partial charge on any atom is 0.231 e. The third-order valence-electron chi connectivity index (χ3n) is 5.28. The van der Waals surface area contributed by atoms with Crippen molar-refractivity contribution in [2.75, 3.05) is 0 Å². The summed E-state index contributed by atoms with van der Waals surface area (Å²) < 4.78 is 17.0. The number of aliphatic hydroxyl groups is 3. The zero-order chi connectivity index (χ0) is 21.6. The van der Waals surface area contributed by atoms with E-state index in [1.54, 1.807) is 44.2 Å². The van der Waals surface area contributed by atoms with Crippen molar-refractivity contribution in [2.45, 2.75) is 44.6 Å². The average Bonchev–Trinajstić information content (AvgIpc) is 3.04. The third kappa shape index (κ3) is 3.54. The lowest BCUT2D eigenvalue weighted by molar-refractivity contribution is -0.268. The summed E-state index contributed by atoms with van der Waals surface area (Å²) in [6.07, 6.45) is -4.44. The van der Waals surface area contributed by atoms with Gasteiger partial charge in [0.25, 0.3) is 0 Å². The molecule has 0 spiro atoms. The molecule has 2 aromatic rings. The van der Waals surface area contributed by atoms with Gasteiger partial charge in [-0.2, -0.15) is 0 Å².